The monoisotopic (exact) mass is 283 g/mol. The lowest BCUT2D eigenvalue weighted by atomic mass is 10.0. The van der Waals surface area contributed by atoms with Gasteiger partial charge in [0.1, 0.15) is 4.60 Å². The molecule has 0 spiro atoms. The van der Waals surface area contributed by atoms with Crippen LogP contribution in [-0.4, -0.2) is 4.98 Å². The maximum atomic E-state index is 4.14. The summed E-state index contributed by atoms with van der Waals surface area (Å²) < 4.78 is 0.864. The lowest BCUT2D eigenvalue weighted by Crippen LogP contribution is -1.81. The summed E-state index contributed by atoms with van der Waals surface area (Å²) in [7, 11) is 0. The smallest absolute Gasteiger partial charge is 0.106 e. The minimum Gasteiger partial charge on any atom is -0.249 e. The lowest BCUT2D eigenvalue weighted by molar-refractivity contribution is 1.28. The Morgan fingerprint density at radius 2 is 1.53 bits per heavy atom. The molecule has 0 radical (unpaired) electrons. The Bertz CT molecular complexity index is 676. The fourth-order valence-corrected chi connectivity index (χ4v) is 2.32. The third-order valence-electron chi connectivity index (χ3n) is 2.81. The van der Waals surface area contributed by atoms with Crippen LogP contribution < -0.4 is 0 Å². The van der Waals surface area contributed by atoms with Crippen molar-refractivity contribution in [2.45, 2.75) is 0 Å². The van der Waals surface area contributed by atoms with Crippen LogP contribution in [0.15, 0.2) is 65.4 Å². The second-order valence-corrected chi connectivity index (χ2v) is 4.74. The zero-order valence-electron chi connectivity index (χ0n) is 9.10. The Morgan fingerprint density at radius 3 is 2.35 bits per heavy atom. The summed E-state index contributed by atoms with van der Waals surface area (Å²) in [5, 5.41) is 2.53. The first-order valence-electron chi connectivity index (χ1n) is 5.44. The van der Waals surface area contributed by atoms with Gasteiger partial charge in [-0.25, -0.2) is 4.98 Å². The average Bonchev–Trinajstić information content (AvgIpc) is 2.38. The highest BCUT2D eigenvalue weighted by Crippen LogP contribution is 2.25. The van der Waals surface area contributed by atoms with E-state index in [0.717, 1.165) is 4.60 Å². The fraction of sp³-hybridized carbons (Fsp3) is 0. The van der Waals surface area contributed by atoms with Gasteiger partial charge in [0.25, 0.3) is 0 Å². The van der Waals surface area contributed by atoms with Gasteiger partial charge < -0.3 is 0 Å². The van der Waals surface area contributed by atoms with Gasteiger partial charge in [-0.1, -0.05) is 36.4 Å². The summed E-state index contributed by atoms with van der Waals surface area (Å²) >= 11 is 3.40. The van der Waals surface area contributed by atoms with Gasteiger partial charge in [0, 0.05) is 6.20 Å². The minimum atomic E-state index is 0.864. The Balaban J connectivity index is 2.18. The number of benzene rings is 2. The maximum Gasteiger partial charge on any atom is 0.106 e. The Labute approximate surface area is 108 Å². The standard InChI is InChI=1S/C15H10BrN/c16-15-10-14(7-8-17-15)13-6-5-11-3-1-2-4-12(11)9-13/h1-10H. The van der Waals surface area contributed by atoms with E-state index in [-0.39, 0.29) is 0 Å². The van der Waals surface area contributed by atoms with Crippen LogP contribution in [0.25, 0.3) is 21.9 Å². The summed E-state index contributed by atoms with van der Waals surface area (Å²) in [6, 6.07) is 18.9. The molecule has 0 N–H and O–H groups in total. The van der Waals surface area contributed by atoms with Crippen molar-refractivity contribution < 1.29 is 0 Å². The molecule has 0 bridgehead atoms. The molecule has 3 rings (SSSR count). The van der Waals surface area contributed by atoms with E-state index in [9.17, 15) is 0 Å². The van der Waals surface area contributed by atoms with Crippen LogP contribution in [0.2, 0.25) is 0 Å². The molecule has 1 heterocycles. The van der Waals surface area contributed by atoms with E-state index in [2.05, 4.69) is 63.4 Å². The molecule has 0 atom stereocenters. The number of halogens is 1. The molecular formula is C15H10BrN. The van der Waals surface area contributed by atoms with Crippen molar-refractivity contribution in [2.24, 2.45) is 0 Å². The van der Waals surface area contributed by atoms with Gasteiger partial charge in [-0.3, -0.25) is 0 Å². The number of fused-ring (bicyclic) bond motifs is 1. The summed E-state index contributed by atoms with van der Waals surface area (Å²) in [6.07, 6.45) is 1.81. The third-order valence-corrected chi connectivity index (χ3v) is 3.24. The molecule has 1 aromatic heterocycles. The second-order valence-electron chi connectivity index (χ2n) is 3.93. The van der Waals surface area contributed by atoms with Gasteiger partial charge >= 0.3 is 0 Å². The molecule has 0 fully saturated rings. The van der Waals surface area contributed by atoms with Crippen molar-refractivity contribution in [1.29, 1.82) is 0 Å². The Kier molecular flexibility index (Phi) is 2.65. The first kappa shape index (κ1) is 10.5. The predicted octanol–water partition coefficient (Wildman–Crippen LogP) is 4.66. The van der Waals surface area contributed by atoms with Gasteiger partial charge in [0.2, 0.25) is 0 Å². The highest BCUT2D eigenvalue weighted by Gasteiger charge is 2.00. The van der Waals surface area contributed by atoms with E-state index in [4.69, 9.17) is 0 Å². The van der Waals surface area contributed by atoms with Crippen molar-refractivity contribution in [3.8, 4) is 11.1 Å². The predicted molar refractivity (Wildman–Crippen MR) is 74.9 cm³/mol. The number of pyridine rings is 1. The Morgan fingerprint density at radius 1 is 0.765 bits per heavy atom. The van der Waals surface area contributed by atoms with Gasteiger partial charge in [-0.15, -0.1) is 0 Å². The molecule has 82 valence electrons. The molecule has 0 aliphatic carbocycles. The molecule has 0 saturated carbocycles. The quantitative estimate of drug-likeness (QED) is 0.592. The molecule has 0 amide bonds. The zero-order valence-corrected chi connectivity index (χ0v) is 10.7. The van der Waals surface area contributed by atoms with Gasteiger partial charge in [0.15, 0.2) is 0 Å². The first-order chi connectivity index (χ1) is 8.33. The average molecular weight is 284 g/mol. The summed E-state index contributed by atoms with van der Waals surface area (Å²) in [6.45, 7) is 0. The van der Waals surface area contributed by atoms with Gasteiger partial charge in [0.05, 0.1) is 0 Å². The number of hydrogen-bond donors (Lipinski definition) is 0. The molecular weight excluding hydrogens is 274 g/mol. The van der Waals surface area contributed by atoms with E-state index < -0.39 is 0 Å². The molecule has 2 aromatic carbocycles. The molecule has 0 aliphatic rings. The molecule has 0 aliphatic heterocycles. The van der Waals surface area contributed by atoms with Crippen molar-refractivity contribution in [3.05, 3.63) is 65.4 Å². The highest BCUT2D eigenvalue weighted by molar-refractivity contribution is 9.10. The maximum absolute atomic E-state index is 4.14. The molecule has 2 heteroatoms. The highest BCUT2D eigenvalue weighted by atomic mass is 79.9. The fourth-order valence-electron chi connectivity index (χ4n) is 1.95. The SMILES string of the molecule is Brc1cc(-c2ccc3ccccc3c2)ccn1. The normalized spacial score (nSPS) is 10.6. The van der Waals surface area contributed by atoms with Crippen LogP contribution in [0.4, 0.5) is 0 Å². The van der Waals surface area contributed by atoms with Crippen LogP contribution in [-0.2, 0) is 0 Å². The summed E-state index contributed by atoms with van der Waals surface area (Å²) in [4.78, 5) is 4.14. The molecule has 0 saturated heterocycles. The largest absolute Gasteiger partial charge is 0.249 e. The van der Waals surface area contributed by atoms with Crippen molar-refractivity contribution in [2.75, 3.05) is 0 Å². The van der Waals surface area contributed by atoms with E-state index in [0.29, 0.717) is 0 Å². The molecule has 3 aromatic rings. The lowest BCUT2D eigenvalue weighted by Gasteiger charge is -2.04. The van der Waals surface area contributed by atoms with E-state index in [1.54, 1.807) is 0 Å². The van der Waals surface area contributed by atoms with Gasteiger partial charge in [-0.05, 0) is 56.0 Å². The summed E-state index contributed by atoms with van der Waals surface area (Å²) in [5.41, 5.74) is 2.39. The van der Waals surface area contributed by atoms with E-state index in [1.807, 2.05) is 18.3 Å². The minimum absolute atomic E-state index is 0.864. The van der Waals surface area contributed by atoms with Gasteiger partial charge in [-0.2, -0.15) is 0 Å². The zero-order chi connectivity index (χ0) is 11.7. The number of hydrogen-bond acceptors (Lipinski definition) is 1. The van der Waals surface area contributed by atoms with Crippen LogP contribution >= 0.6 is 15.9 Å². The second kappa shape index (κ2) is 4.30. The number of nitrogens with zero attached hydrogens (tertiary/aromatic N) is 1. The Hall–Kier alpha value is -1.67. The number of rotatable bonds is 1. The van der Waals surface area contributed by atoms with Crippen LogP contribution in [0, 0.1) is 0 Å². The third kappa shape index (κ3) is 2.08. The van der Waals surface area contributed by atoms with Crippen molar-refractivity contribution in [1.82, 2.24) is 4.98 Å². The van der Waals surface area contributed by atoms with Crippen molar-refractivity contribution >= 4 is 26.7 Å². The topological polar surface area (TPSA) is 12.9 Å². The molecule has 0 unspecified atom stereocenters. The first-order valence-corrected chi connectivity index (χ1v) is 6.23. The van der Waals surface area contributed by atoms with Crippen LogP contribution in [0.5, 0.6) is 0 Å². The molecule has 1 nitrogen and oxygen atoms in total. The van der Waals surface area contributed by atoms with E-state index in [1.165, 1.54) is 21.9 Å². The van der Waals surface area contributed by atoms with Crippen LogP contribution in [0.3, 0.4) is 0 Å². The number of aromatic nitrogens is 1. The van der Waals surface area contributed by atoms with Crippen molar-refractivity contribution in [3.63, 3.8) is 0 Å². The van der Waals surface area contributed by atoms with E-state index >= 15 is 0 Å². The van der Waals surface area contributed by atoms with Crippen LogP contribution in [0.1, 0.15) is 0 Å². The summed E-state index contributed by atoms with van der Waals surface area (Å²) in [5.74, 6) is 0. The molecule has 17 heavy (non-hydrogen) atoms.